The molecule has 8 nitrogen and oxygen atoms in total. The van der Waals surface area contributed by atoms with Crippen LogP contribution in [0, 0.1) is 5.82 Å². The number of halogens is 2. The molecule has 0 aromatic heterocycles. The van der Waals surface area contributed by atoms with Gasteiger partial charge in [0.15, 0.2) is 11.5 Å². The highest BCUT2D eigenvalue weighted by molar-refractivity contribution is 7.89. The third-order valence-corrected chi connectivity index (χ3v) is 8.04. The van der Waals surface area contributed by atoms with Gasteiger partial charge < -0.3 is 9.47 Å². The summed E-state index contributed by atoms with van der Waals surface area (Å²) >= 11 is 5.87. The van der Waals surface area contributed by atoms with E-state index in [1.165, 1.54) is 46.9 Å². The summed E-state index contributed by atoms with van der Waals surface area (Å²) in [6.07, 6.45) is 2.38. The van der Waals surface area contributed by atoms with Crippen LogP contribution in [0.2, 0.25) is 5.02 Å². The van der Waals surface area contributed by atoms with Crippen LogP contribution in [0.25, 0.3) is 0 Å². The Hall–Kier alpha value is -3.47. The summed E-state index contributed by atoms with van der Waals surface area (Å²) < 4.78 is 52.2. The van der Waals surface area contributed by atoms with Crippen molar-refractivity contribution in [1.82, 2.24) is 9.73 Å². The highest BCUT2D eigenvalue weighted by Crippen LogP contribution is 2.29. The number of carbonyl (C=O) groups is 1. The summed E-state index contributed by atoms with van der Waals surface area (Å²) in [5.74, 6) is 0.0888. The highest BCUT2D eigenvalue weighted by atomic mass is 35.5. The van der Waals surface area contributed by atoms with Crippen LogP contribution in [0.3, 0.4) is 0 Å². The zero-order valence-corrected chi connectivity index (χ0v) is 22.2. The standard InChI is InChI=1S/C27H27ClFN3O5S/c1-2-36-26-16-19(8-13-25(26)37-18-20-5-3-6-22(29)15-20)17-30-31-27(33)24-7-4-14-32(24)38(34,35)23-11-9-21(28)10-12-23/h3,5-6,8-13,15-17,24H,2,4,7,14,18H2,1H3,(H,31,33)/b30-17-/t24-/m0/s1. The molecule has 1 amide bonds. The zero-order valence-electron chi connectivity index (χ0n) is 20.6. The maximum atomic E-state index is 13.4. The van der Waals surface area contributed by atoms with Crippen molar-refractivity contribution in [2.24, 2.45) is 5.10 Å². The smallest absolute Gasteiger partial charge is 0.258 e. The van der Waals surface area contributed by atoms with Crippen molar-refractivity contribution >= 4 is 33.7 Å². The molecule has 1 aliphatic heterocycles. The van der Waals surface area contributed by atoms with Gasteiger partial charge >= 0.3 is 0 Å². The summed E-state index contributed by atoms with van der Waals surface area (Å²) in [7, 11) is -3.86. The lowest BCUT2D eigenvalue weighted by Gasteiger charge is -2.22. The van der Waals surface area contributed by atoms with Gasteiger partial charge in [0.2, 0.25) is 10.0 Å². The van der Waals surface area contributed by atoms with Crippen LogP contribution < -0.4 is 14.9 Å². The number of hydrogen-bond acceptors (Lipinski definition) is 6. The van der Waals surface area contributed by atoms with Crippen molar-refractivity contribution in [1.29, 1.82) is 0 Å². The van der Waals surface area contributed by atoms with Crippen molar-refractivity contribution in [3.8, 4) is 11.5 Å². The average molecular weight is 560 g/mol. The largest absolute Gasteiger partial charge is 0.490 e. The molecule has 0 bridgehead atoms. The predicted octanol–water partition coefficient (Wildman–Crippen LogP) is 4.76. The van der Waals surface area contributed by atoms with Gasteiger partial charge in [0.05, 0.1) is 17.7 Å². The maximum Gasteiger partial charge on any atom is 0.258 e. The molecular formula is C27H27ClFN3O5S. The Bertz CT molecular complexity index is 1420. The molecule has 0 aliphatic carbocycles. The molecule has 1 saturated heterocycles. The van der Waals surface area contributed by atoms with Crippen molar-refractivity contribution in [2.45, 2.75) is 37.3 Å². The van der Waals surface area contributed by atoms with Gasteiger partial charge in [0.25, 0.3) is 5.91 Å². The van der Waals surface area contributed by atoms with E-state index in [0.29, 0.717) is 47.1 Å². The number of nitrogens with one attached hydrogen (secondary N) is 1. The molecule has 1 aliphatic rings. The number of hydrazone groups is 1. The molecule has 1 atom stereocenters. The van der Waals surface area contributed by atoms with Gasteiger partial charge in [-0.15, -0.1) is 0 Å². The lowest BCUT2D eigenvalue weighted by Crippen LogP contribution is -2.44. The molecule has 0 saturated carbocycles. The van der Waals surface area contributed by atoms with Crippen LogP contribution in [0.1, 0.15) is 30.9 Å². The molecule has 3 aromatic rings. The molecule has 11 heteroatoms. The number of carbonyl (C=O) groups excluding carboxylic acids is 1. The Morgan fingerprint density at radius 1 is 1.13 bits per heavy atom. The van der Waals surface area contributed by atoms with Crippen molar-refractivity contribution in [3.63, 3.8) is 0 Å². The first-order valence-electron chi connectivity index (χ1n) is 12.0. The van der Waals surface area contributed by atoms with Crippen LogP contribution in [0.15, 0.2) is 76.7 Å². The first kappa shape index (κ1) is 27.6. The fraction of sp³-hybridized carbons (Fsp3) is 0.259. The van der Waals surface area contributed by atoms with Gasteiger partial charge in [0.1, 0.15) is 18.5 Å². The van der Waals surface area contributed by atoms with Gasteiger partial charge in [0, 0.05) is 11.6 Å². The van der Waals surface area contributed by atoms with Crippen LogP contribution in [0.5, 0.6) is 11.5 Å². The molecule has 1 N–H and O–H groups in total. The van der Waals surface area contributed by atoms with Crippen LogP contribution in [-0.2, 0) is 21.4 Å². The van der Waals surface area contributed by atoms with E-state index >= 15 is 0 Å². The quantitative estimate of drug-likeness (QED) is 0.285. The van der Waals surface area contributed by atoms with E-state index in [0.717, 1.165) is 0 Å². The second kappa shape index (κ2) is 12.4. The first-order chi connectivity index (χ1) is 18.3. The SMILES string of the molecule is CCOc1cc(/C=N\NC(=O)[C@@H]2CCCN2S(=O)(=O)c2ccc(Cl)cc2)ccc1OCc1cccc(F)c1. The first-order valence-corrected chi connectivity index (χ1v) is 13.8. The lowest BCUT2D eigenvalue weighted by atomic mass is 10.2. The van der Waals surface area contributed by atoms with E-state index in [2.05, 4.69) is 10.5 Å². The minimum atomic E-state index is -3.86. The monoisotopic (exact) mass is 559 g/mol. The van der Waals surface area contributed by atoms with Crippen molar-refractivity contribution < 1.29 is 27.1 Å². The molecule has 200 valence electrons. The third kappa shape index (κ3) is 6.69. The maximum absolute atomic E-state index is 13.4. The molecule has 0 unspecified atom stereocenters. The van der Waals surface area contributed by atoms with Crippen LogP contribution in [0.4, 0.5) is 4.39 Å². The highest BCUT2D eigenvalue weighted by Gasteiger charge is 2.39. The van der Waals surface area contributed by atoms with E-state index in [4.69, 9.17) is 21.1 Å². The van der Waals surface area contributed by atoms with Gasteiger partial charge in [-0.3, -0.25) is 4.79 Å². The number of nitrogens with zero attached hydrogens (tertiary/aromatic N) is 2. The normalized spacial score (nSPS) is 16.0. The average Bonchev–Trinajstić information content (AvgIpc) is 3.40. The fourth-order valence-electron chi connectivity index (χ4n) is 4.06. The minimum Gasteiger partial charge on any atom is -0.490 e. The molecule has 4 rings (SSSR count). The van der Waals surface area contributed by atoms with Crippen LogP contribution in [-0.4, -0.2) is 44.0 Å². The molecule has 38 heavy (non-hydrogen) atoms. The number of ether oxygens (including phenoxy) is 2. The van der Waals surface area contributed by atoms with Crippen molar-refractivity contribution in [2.75, 3.05) is 13.2 Å². The zero-order chi connectivity index (χ0) is 27.1. The Labute approximate surface area is 226 Å². The minimum absolute atomic E-state index is 0.0771. The molecule has 3 aromatic carbocycles. The summed E-state index contributed by atoms with van der Waals surface area (Å²) in [6, 6.07) is 16.2. The number of amides is 1. The van der Waals surface area contributed by atoms with Gasteiger partial charge in [-0.1, -0.05) is 23.7 Å². The summed E-state index contributed by atoms with van der Waals surface area (Å²) in [4.78, 5) is 12.9. The number of benzene rings is 3. The van der Waals surface area contributed by atoms with E-state index in [1.807, 2.05) is 6.92 Å². The van der Waals surface area contributed by atoms with E-state index in [9.17, 15) is 17.6 Å². The second-order valence-corrected chi connectivity index (χ2v) is 10.8. The summed E-state index contributed by atoms with van der Waals surface area (Å²) in [5, 5.41) is 4.44. The third-order valence-electron chi connectivity index (χ3n) is 5.87. The van der Waals surface area contributed by atoms with Gasteiger partial charge in [-0.25, -0.2) is 18.2 Å². The number of sulfonamides is 1. The molecule has 1 fully saturated rings. The summed E-state index contributed by atoms with van der Waals surface area (Å²) in [5.41, 5.74) is 3.76. The Morgan fingerprint density at radius 2 is 1.92 bits per heavy atom. The second-order valence-electron chi connectivity index (χ2n) is 8.52. The van der Waals surface area contributed by atoms with Crippen molar-refractivity contribution in [3.05, 3.63) is 88.7 Å². The van der Waals surface area contributed by atoms with Gasteiger partial charge in [-0.05, 0) is 85.5 Å². The van der Waals surface area contributed by atoms with E-state index in [-0.39, 0.29) is 23.9 Å². The Kier molecular flexibility index (Phi) is 8.98. The fourth-order valence-corrected chi connectivity index (χ4v) is 5.84. The Morgan fingerprint density at radius 3 is 2.66 bits per heavy atom. The lowest BCUT2D eigenvalue weighted by molar-refractivity contribution is -0.124. The topological polar surface area (TPSA) is 97.3 Å². The number of rotatable bonds is 10. The van der Waals surface area contributed by atoms with E-state index in [1.54, 1.807) is 30.3 Å². The summed E-state index contributed by atoms with van der Waals surface area (Å²) in [6.45, 7) is 2.63. The van der Waals surface area contributed by atoms with Crippen LogP contribution >= 0.6 is 11.6 Å². The van der Waals surface area contributed by atoms with E-state index < -0.39 is 22.0 Å². The molecule has 0 radical (unpaired) electrons. The molecule has 0 spiro atoms. The predicted molar refractivity (Wildman–Crippen MR) is 142 cm³/mol. The molecule has 1 heterocycles. The number of hydrogen-bond donors (Lipinski definition) is 1. The Balaban J connectivity index is 1.41. The molecular weight excluding hydrogens is 533 g/mol. The van der Waals surface area contributed by atoms with Gasteiger partial charge in [-0.2, -0.15) is 9.41 Å².